The normalized spacial score (nSPS) is 14.9. The van der Waals surface area contributed by atoms with Gasteiger partial charge < -0.3 is 20.5 Å². The number of carboxylic acid groups (broad SMARTS) is 1. The summed E-state index contributed by atoms with van der Waals surface area (Å²) in [6.07, 6.45) is 0.921. The molecule has 0 spiro atoms. The van der Waals surface area contributed by atoms with Gasteiger partial charge in [0, 0.05) is 12.0 Å². The number of nitrogens with one attached hydrogen (secondary N) is 2. The number of amides is 2. The highest BCUT2D eigenvalue weighted by molar-refractivity contribution is 5.85. The molecule has 2 aromatic rings. The van der Waals surface area contributed by atoms with E-state index in [-0.39, 0.29) is 18.9 Å². The summed E-state index contributed by atoms with van der Waals surface area (Å²) >= 11 is 0. The summed E-state index contributed by atoms with van der Waals surface area (Å²) in [5, 5.41) is 14.3. The standard InChI is InChI=1S/C25H28N2O5/c1-4-9-22(24(29)30)27-23(28)15(2)16(3)26-25(31)32-14-21-19-12-7-5-10-17(19)18-11-6-8-13-20(18)21/h4-8,10-13,15-16,21-22H,1,9,14H2,2-3H3,(H,26,31)(H,27,28)(H,29,30). The molecular formula is C25H28N2O5. The molecule has 3 atom stereocenters. The fraction of sp³-hybridized carbons (Fsp3) is 0.320. The van der Waals surface area contributed by atoms with E-state index >= 15 is 0 Å². The van der Waals surface area contributed by atoms with Gasteiger partial charge in [-0.15, -0.1) is 6.58 Å². The third-order valence-corrected chi connectivity index (χ3v) is 5.87. The SMILES string of the molecule is C=CCC(NC(=O)C(C)C(C)NC(=O)OCC1c2ccccc2-c2ccccc21)C(=O)O. The van der Waals surface area contributed by atoms with Crippen LogP contribution in [-0.4, -0.2) is 41.8 Å². The van der Waals surface area contributed by atoms with Gasteiger partial charge in [-0.2, -0.15) is 0 Å². The molecule has 2 amide bonds. The van der Waals surface area contributed by atoms with Crippen LogP contribution >= 0.6 is 0 Å². The molecule has 2 aromatic carbocycles. The Morgan fingerprint density at radius 3 is 2.12 bits per heavy atom. The van der Waals surface area contributed by atoms with Crippen molar-refractivity contribution in [2.24, 2.45) is 5.92 Å². The molecule has 7 nitrogen and oxygen atoms in total. The molecule has 3 rings (SSSR count). The van der Waals surface area contributed by atoms with E-state index in [4.69, 9.17) is 4.74 Å². The first-order chi connectivity index (χ1) is 15.3. The van der Waals surface area contributed by atoms with E-state index in [1.807, 2.05) is 36.4 Å². The van der Waals surface area contributed by atoms with Gasteiger partial charge in [0.1, 0.15) is 12.6 Å². The molecule has 0 saturated heterocycles. The Balaban J connectivity index is 1.57. The van der Waals surface area contributed by atoms with E-state index in [0.29, 0.717) is 0 Å². The Bertz CT molecular complexity index is 973. The van der Waals surface area contributed by atoms with Crippen molar-refractivity contribution < 1.29 is 24.2 Å². The lowest BCUT2D eigenvalue weighted by Gasteiger charge is -2.23. The van der Waals surface area contributed by atoms with Crippen LogP contribution in [0, 0.1) is 5.92 Å². The van der Waals surface area contributed by atoms with Crippen LogP contribution in [0.2, 0.25) is 0 Å². The highest BCUT2D eigenvalue weighted by atomic mass is 16.5. The van der Waals surface area contributed by atoms with Gasteiger partial charge in [-0.25, -0.2) is 9.59 Å². The molecule has 1 aliphatic rings. The predicted molar refractivity (Wildman–Crippen MR) is 121 cm³/mol. The Hall–Kier alpha value is -3.61. The predicted octanol–water partition coefficient (Wildman–Crippen LogP) is 3.70. The number of alkyl carbamates (subject to hydrolysis) is 1. The molecule has 0 radical (unpaired) electrons. The smallest absolute Gasteiger partial charge is 0.407 e. The average Bonchev–Trinajstić information content (AvgIpc) is 3.10. The minimum atomic E-state index is -1.14. The number of carboxylic acids is 1. The maximum absolute atomic E-state index is 12.4. The molecule has 1 aliphatic carbocycles. The van der Waals surface area contributed by atoms with Gasteiger partial charge >= 0.3 is 12.1 Å². The molecule has 0 aliphatic heterocycles. The Kier molecular flexibility index (Phi) is 7.30. The fourth-order valence-electron chi connectivity index (χ4n) is 3.87. The van der Waals surface area contributed by atoms with Gasteiger partial charge in [0.2, 0.25) is 5.91 Å². The summed E-state index contributed by atoms with van der Waals surface area (Å²) < 4.78 is 5.51. The summed E-state index contributed by atoms with van der Waals surface area (Å²) in [5.41, 5.74) is 4.51. The van der Waals surface area contributed by atoms with Crippen LogP contribution in [0.15, 0.2) is 61.2 Å². The van der Waals surface area contributed by atoms with E-state index in [2.05, 4.69) is 29.3 Å². The Labute approximate surface area is 187 Å². The molecule has 168 valence electrons. The first-order valence-corrected chi connectivity index (χ1v) is 10.6. The Morgan fingerprint density at radius 1 is 1.03 bits per heavy atom. The van der Waals surface area contributed by atoms with E-state index in [1.165, 1.54) is 6.08 Å². The molecule has 0 aromatic heterocycles. The molecule has 3 unspecified atom stereocenters. The number of hydrogen-bond donors (Lipinski definition) is 3. The third kappa shape index (κ3) is 4.99. The van der Waals surface area contributed by atoms with Crippen molar-refractivity contribution >= 4 is 18.0 Å². The van der Waals surface area contributed by atoms with Gasteiger partial charge in [-0.05, 0) is 35.6 Å². The number of ether oxygens (including phenoxy) is 1. The van der Waals surface area contributed by atoms with Crippen molar-refractivity contribution in [3.05, 3.63) is 72.3 Å². The number of benzene rings is 2. The first kappa shape index (κ1) is 23.1. The van der Waals surface area contributed by atoms with Crippen LogP contribution in [0.3, 0.4) is 0 Å². The zero-order chi connectivity index (χ0) is 23.3. The first-order valence-electron chi connectivity index (χ1n) is 10.6. The number of hydrogen-bond acceptors (Lipinski definition) is 4. The number of aliphatic carboxylic acids is 1. The van der Waals surface area contributed by atoms with Crippen LogP contribution < -0.4 is 10.6 Å². The number of rotatable bonds is 9. The zero-order valence-electron chi connectivity index (χ0n) is 18.2. The van der Waals surface area contributed by atoms with Crippen molar-refractivity contribution in [2.45, 2.75) is 38.3 Å². The highest BCUT2D eigenvalue weighted by Gasteiger charge is 2.30. The monoisotopic (exact) mass is 436 g/mol. The zero-order valence-corrected chi connectivity index (χ0v) is 18.2. The lowest BCUT2D eigenvalue weighted by atomic mass is 9.98. The van der Waals surface area contributed by atoms with Crippen LogP contribution in [0.1, 0.15) is 37.3 Å². The largest absolute Gasteiger partial charge is 0.480 e. The van der Waals surface area contributed by atoms with Gasteiger partial charge in [0.05, 0.1) is 5.92 Å². The third-order valence-electron chi connectivity index (χ3n) is 5.87. The summed E-state index contributed by atoms with van der Waals surface area (Å²) in [6.45, 7) is 6.97. The van der Waals surface area contributed by atoms with E-state index in [1.54, 1.807) is 13.8 Å². The van der Waals surface area contributed by atoms with Crippen molar-refractivity contribution in [1.29, 1.82) is 0 Å². The van der Waals surface area contributed by atoms with Crippen LogP contribution in [-0.2, 0) is 14.3 Å². The minimum Gasteiger partial charge on any atom is -0.480 e. The van der Waals surface area contributed by atoms with Crippen LogP contribution in [0.4, 0.5) is 4.79 Å². The Morgan fingerprint density at radius 2 is 1.59 bits per heavy atom. The molecule has 0 heterocycles. The van der Waals surface area contributed by atoms with Gasteiger partial charge in [-0.1, -0.05) is 61.5 Å². The van der Waals surface area contributed by atoms with Gasteiger partial charge in [0.25, 0.3) is 0 Å². The quantitative estimate of drug-likeness (QED) is 0.520. The van der Waals surface area contributed by atoms with Crippen LogP contribution in [0.25, 0.3) is 11.1 Å². The summed E-state index contributed by atoms with van der Waals surface area (Å²) in [7, 11) is 0. The summed E-state index contributed by atoms with van der Waals surface area (Å²) in [4.78, 5) is 36.0. The van der Waals surface area contributed by atoms with E-state index < -0.39 is 36.0 Å². The van der Waals surface area contributed by atoms with Crippen molar-refractivity contribution in [3.63, 3.8) is 0 Å². The molecule has 0 fully saturated rings. The molecule has 3 N–H and O–H groups in total. The van der Waals surface area contributed by atoms with Gasteiger partial charge in [-0.3, -0.25) is 4.79 Å². The molecule has 0 saturated carbocycles. The molecule has 32 heavy (non-hydrogen) atoms. The topological polar surface area (TPSA) is 105 Å². The maximum atomic E-state index is 12.4. The summed E-state index contributed by atoms with van der Waals surface area (Å²) in [6, 6.07) is 14.5. The second-order valence-corrected chi connectivity index (χ2v) is 7.97. The van der Waals surface area contributed by atoms with Gasteiger partial charge in [0.15, 0.2) is 0 Å². The minimum absolute atomic E-state index is 0.0561. The average molecular weight is 437 g/mol. The second-order valence-electron chi connectivity index (χ2n) is 7.97. The molecule has 0 bridgehead atoms. The van der Waals surface area contributed by atoms with Crippen molar-refractivity contribution in [2.75, 3.05) is 6.61 Å². The number of carbonyl (C=O) groups is 3. The van der Waals surface area contributed by atoms with Crippen molar-refractivity contribution in [1.82, 2.24) is 10.6 Å². The number of carbonyl (C=O) groups excluding carboxylic acids is 2. The lowest BCUT2D eigenvalue weighted by Crippen LogP contribution is -2.48. The van der Waals surface area contributed by atoms with Crippen LogP contribution in [0.5, 0.6) is 0 Å². The second kappa shape index (κ2) is 10.1. The maximum Gasteiger partial charge on any atom is 0.407 e. The lowest BCUT2D eigenvalue weighted by molar-refractivity contribution is -0.142. The van der Waals surface area contributed by atoms with E-state index in [0.717, 1.165) is 22.3 Å². The fourth-order valence-corrected chi connectivity index (χ4v) is 3.87. The summed E-state index contributed by atoms with van der Waals surface area (Å²) in [5.74, 6) is -2.31. The molecule has 7 heteroatoms. The van der Waals surface area contributed by atoms with E-state index in [9.17, 15) is 19.5 Å². The van der Waals surface area contributed by atoms with Crippen molar-refractivity contribution in [3.8, 4) is 11.1 Å². The number of fused-ring (bicyclic) bond motifs is 3. The molecular weight excluding hydrogens is 408 g/mol. The highest BCUT2D eigenvalue weighted by Crippen LogP contribution is 2.44.